The number of benzene rings is 7. The van der Waals surface area contributed by atoms with Crippen molar-refractivity contribution in [2.75, 3.05) is 0 Å². The van der Waals surface area contributed by atoms with Crippen LogP contribution in [-0.2, 0) is 0 Å². The maximum absolute atomic E-state index is 6.41. The molecule has 0 spiro atoms. The molecule has 0 saturated carbocycles. The van der Waals surface area contributed by atoms with E-state index in [0.29, 0.717) is 17.5 Å². The maximum Gasteiger partial charge on any atom is 0.165 e. The lowest BCUT2D eigenvalue weighted by Crippen LogP contribution is -2.01. The first-order chi connectivity index (χ1) is 25.3. The van der Waals surface area contributed by atoms with E-state index in [2.05, 4.69) is 114 Å². The minimum atomic E-state index is 0.634. The molecule has 0 radical (unpaired) electrons. The number of hydrogen-bond acceptors (Lipinski definition) is 5. The van der Waals surface area contributed by atoms with Crippen LogP contribution >= 0.6 is 11.3 Å². The number of fused-ring (bicyclic) bond motifs is 10. The third-order valence-electron chi connectivity index (χ3n) is 9.84. The Bertz CT molecular complexity index is 3030. The summed E-state index contributed by atoms with van der Waals surface area (Å²) in [7, 11) is 0. The SMILES string of the molecule is c1ccc(-c2nc(-c3ccccc3)nc(-c3cc(-n4c5ccccc5c5ccccc54)cc4c3sc3ccc5oc6ccccc6c5c34)n2)cc1. The molecule has 0 amide bonds. The average Bonchev–Trinajstić information content (AvgIpc) is 3.87. The number of para-hydroxylation sites is 3. The van der Waals surface area contributed by atoms with Crippen LogP contribution in [0.1, 0.15) is 0 Å². The van der Waals surface area contributed by atoms with Crippen LogP contribution in [-0.4, -0.2) is 19.5 Å². The molecule has 238 valence electrons. The predicted molar refractivity (Wildman–Crippen MR) is 211 cm³/mol. The fourth-order valence-corrected chi connectivity index (χ4v) is 8.80. The Labute approximate surface area is 295 Å². The average molecular weight is 671 g/mol. The summed E-state index contributed by atoms with van der Waals surface area (Å²) in [6.45, 7) is 0. The summed E-state index contributed by atoms with van der Waals surface area (Å²) < 4.78 is 11.1. The van der Waals surface area contributed by atoms with Gasteiger partial charge in [-0.2, -0.15) is 0 Å². The van der Waals surface area contributed by atoms with Crippen LogP contribution in [0, 0.1) is 0 Å². The van der Waals surface area contributed by atoms with Gasteiger partial charge in [0.05, 0.1) is 11.0 Å². The molecule has 11 rings (SSSR count). The van der Waals surface area contributed by atoms with Crippen molar-refractivity contribution >= 4 is 75.3 Å². The molecule has 11 aromatic rings. The van der Waals surface area contributed by atoms with Gasteiger partial charge in [-0.15, -0.1) is 11.3 Å². The number of hydrogen-bond donors (Lipinski definition) is 0. The highest BCUT2D eigenvalue weighted by Gasteiger charge is 2.22. The number of thiophene rings is 1. The highest BCUT2D eigenvalue weighted by atomic mass is 32.1. The second kappa shape index (κ2) is 10.9. The van der Waals surface area contributed by atoms with Gasteiger partial charge in [0.2, 0.25) is 0 Å². The summed E-state index contributed by atoms with van der Waals surface area (Å²) in [5, 5.41) is 6.99. The summed E-state index contributed by atoms with van der Waals surface area (Å²) in [5.41, 5.74) is 7.94. The van der Waals surface area contributed by atoms with Crippen molar-refractivity contribution in [2.24, 2.45) is 0 Å². The van der Waals surface area contributed by atoms with Gasteiger partial charge in [-0.3, -0.25) is 0 Å². The standard InChI is InChI=1S/C45H26N4OS/c1-3-13-27(14-4-1)43-46-44(28-15-5-2-6-16-28)48-45(47-43)34-26-29(49-35-20-10-7-17-30(35)31-18-8-11-21-36(31)49)25-33-41-39(51-42(33)34)24-23-38-40(41)32-19-9-12-22-37(32)50-38/h1-26H. The number of rotatable bonds is 4. The molecule has 51 heavy (non-hydrogen) atoms. The quantitative estimate of drug-likeness (QED) is 0.187. The number of nitrogens with zero attached hydrogens (tertiary/aromatic N) is 4. The molecule has 5 nitrogen and oxygen atoms in total. The first-order valence-corrected chi connectivity index (χ1v) is 17.8. The van der Waals surface area contributed by atoms with Crippen LogP contribution in [0.15, 0.2) is 162 Å². The van der Waals surface area contributed by atoms with Gasteiger partial charge in [0.15, 0.2) is 17.5 Å². The van der Waals surface area contributed by atoms with Crippen molar-refractivity contribution < 1.29 is 4.42 Å². The van der Waals surface area contributed by atoms with Gasteiger partial charge < -0.3 is 8.98 Å². The minimum absolute atomic E-state index is 0.634. The van der Waals surface area contributed by atoms with E-state index in [0.717, 1.165) is 65.4 Å². The summed E-state index contributed by atoms with van der Waals surface area (Å²) in [6.07, 6.45) is 0. The molecule has 4 heterocycles. The maximum atomic E-state index is 6.41. The van der Waals surface area contributed by atoms with Gasteiger partial charge in [0.1, 0.15) is 11.2 Å². The lowest BCUT2D eigenvalue weighted by molar-refractivity contribution is 0.669. The first-order valence-electron chi connectivity index (χ1n) is 16.9. The Hall–Kier alpha value is -6.63. The Balaban J connectivity index is 1.30. The molecule has 4 aromatic heterocycles. The molecule has 6 heteroatoms. The monoisotopic (exact) mass is 670 g/mol. The van der Waals surface area contributed by atoms with Crippen molar-refractivity contribution in [1.29, 1.82) is 0 Å². The van der Waals surface area contributed by atoms with Gasteiger partial charge in [0.25, 0.3) is 0 Å². The van der Waals surface area contributed by atoms with E-state index in [1.54, 1.807) is 11.3 Å². The van der Waals surface area contributed by atoms with Crippen LogP contribution in [0.25, 0.3) is 104 Å². The molecule has 0 fully saturated rings. The second-order valence-corrected chi connectivity index (χ2v) is 13.8. The molecule has 0 saturated heterocycles. The lowest BCUT2D eigenvalue weighted by atomic mass is 10.0. The van der Waals surface area contributed by atoms with Gasteiger partial charge >= 0.3 is 0 Å². The fourth-order valence-electron chi connectivity index (χ4n) is 7.59. The number of furan rings is 1. The van der Waals surface area contributed by atoms with Crippen LogP contribution in [0.3, 0.4) is 0 Å². The van der Waals surface area contributed by atoms with Crippen molar-refractivity contribution in [3.63, 3.8) is 0 Å². The van der Waals surface area contributed by atoms with E-state index in [4.69, 9.17) is 19.4 Å². The van der Waals surface area contributed by atoms with Gasteiger partial charge in [-0.25, -0.2) is 15.0 Å². The van der Waals surface area contributed by atoms with Crippen molar-refractivity contribution in [1.82, 2.24) is 19.5 Å². The molecular weight excluding hydrogens is 645 g/mol. The van der Waals surface area contributed by atoms with Gasteiger partial charge in [-0.1, -0.05) is 115 Å². The second-order valence-electron chi connectivity index (χ2n) is 12.8. The molecule has 0 N–H and O–H groups in total. The van der Waals surface area contributed by atoms with Crippen molar-refractivity contribution in [2.45, 2.75) is 0 Å². The van der Waals surface area contributed by atoms with Crippen LogP contribution < -0.4 is 0 Å². The van der Waals surface area contributed by atoms with Crippen LogP contribution in [0.5, 0.6) is 0 Å². The smallest absolute Gasteiger partial charge is 0.165 e. The molecule has 0 atom stereocenters. The normalized spacial score (nSPS) is 11.9. The summed E-state index contributed by atoms with van der Waals surface area (Å²) in [6, 6.07) is 54.8. The zero-order chi connectivity index (χ0) is 33.5. The summed E-state index contributed by atoms with van der Waals surface area (Å²) >= 11 is 1.78. The lowest BCUT2D eigenvalue weighted by Gasteiger charge is -2.13. The van der Waals surface area contributed by atoms with Crippen LogP contribution in [0.2, 0.25) is 0 Å². The molecule has 0 aliphatic rings. The summed E-state index contributed by atoms with van der Waals surface area (Å²) in [4.78, 5) is 15.5. The van der Waals surface area contributed by atoms with E-state index >= 15 is 0 Å². The Kier molecular flexibility index (Phi) is 6.05. The molecule has 0 bridgehead atoms. The molecular formula is C45H26N4OS. The summed E-state index contributed by atoms with van der Waals surface area (Å²) in [5.74, 6) is 1.91. The van der Waals surface area contributed by atoms with Gasteiger partial charge in [0, 0.05) is 64.1 Å². The van der Waals surface area contributed by atoms with Crippen LogP contribution in [0.4, 0.5) is 0 Å². The number of aromatic nitrogens is 4. The van der Waals surface area contributed by atoms with Crippen molar-refractivity contribution in [3.8, 4) is 39.9 Å². The Morgan fingerprint density at radius 3 is 1.69 bits per heavy atom. The van der Waals surface area contributed by atoms with Gasteiger partial charge in [-0.05, 0) is 42.5 Å². The predicted octanol–water partition coefficient (Wildman–Crippen LogP) is 12.2. The highest BCUT2D eigenvalue weighted by molar-refractivity contribution is 7.26. The largest absolute Gasteiger partial charge is 0.456 e. The van der Waals surface area contributed by atoms with E-state index in [1.165, 1.54) is 20.9 Å². The van der Waals surface area contributed by atoms with Crippen molar-refractivity contribution in [3.05, 3.63) is 158 Å². The van der Waals surface area contributed by atoms with E-state index in [1.807, 2.05) is 48.5 Å². The van der Waals surface area contributed by atoms with E-state index in [-0.39, 0.29) is 0 Å². The zero-order valence-corrected chi connectivity index (χ0v) is 27.9. The first kappa shape index (κ1) is 28.2. The van der Waals surface area contributed by atoms with E-state index in [9.17, 15) is 0 Å². The molecule has 0 unspecified atom stereocenters. The minimum Gasteiger partial charge on any atom is -0.456 e. The highest BCUT2D eigenvalue weighted by Crippen LogP contribution is 2.47. The third-order valence-corrected chi connectivity index (χ3v) is 11.0. The Morgan fingerprint density at radius 2 is 1.02 bits per heavy atom. The zero-order valence-electron chi connectivity index (χ0n) is 27.1. The third kappa shape index (κ3) is 4.30. The fraction of sp³-hybridized carbons (Fsp3) is 0. The Morgan fingerprint density at radius 1 is 0.451 bits per heavy atom. The molecule has 7 aromatic carbocycles. The topological polar surface area (TPSA) is 56.7 Å². The molecule has 0 aliphatic heterocycles. The van der Waals surface area contributed by atoms with E-state index < -0.39 is 0 Å². The molecule has 0 aliphatic carbocycles.